The minimum Gasteiger partial charge on any atom is -0.300 e. The van der Waals surface area contributed by atoms with Crippen molar-refractivity contribution in [2.24, 2.45) is 23.7 Å². The van der Waals surface area contributed by atoms with Gasteiger partial charge in [0.05, 0.1) is 0 Å². The molecular formula is C14H24O. The van der Waals surface area contributed by atoms with Gasteiger partial charge in [-0.15, -0.1) is 0 Å². The summed E-state index contributed by atoms with van der Waals surface area (Å²) in [6.07, 6.45) is 8.34. The molecule has 0 unspecified atom stereocenters. The Balaban J connectivity index is 2.05. The highest BCUT2D eigenvalue weighted by Crippen LogP contribution is 2.46. The van der Waals surface area contributed by atoms with Crippen molar-refractivity contribution in [1.29, 1.82) is 0 Å². The first-order valence-electron chi connectivity index (χ1n) is 6.74. The lowest BCUT2D eigenvalue weighted by molar-refractivity contribution is -0.124. The van der Waals surface area contributed by atoms with Crippen molar-refractivity contribution < 1.29 is 4.79 Å². The average Bonchev–Trinajstić information content (AvgIpc) is 2.22. The Bertz CT molecular complexity index is 233. The monoisotopic (exact) mass is 208 g/mol. The molecule has 0 saturated heterocycles. The summed E-state index contributed by atoms with van der Waals surface area (Å²) < 4.78 is 0. The molecule has 86 valence electrons. The molecule has 2 rings (SSSR count). The number of rotatable bonds is 2. The Morgan fingerprint density at radius 2 is 2.07 bits per heavy atom. The third kappa shape index (κ3) is 2.26. The Hall–Kier alpha value is -0.330. The lowest BCUT2D eigenvalue weighted by Crippen LogP contribution is -2.37. The van der Waals surface area contributed by atoms with E-state index in [1.807, 2.05) is 0 Å². The Morgan fingerprint density at radius 3 is 2.80 bits per heavy atom. The minimum atomic E-state index is 0.529. The van der Waals surface area contributed by atoms with E-state index in [0.717, 1.165) is 36.5 Å². The molecule has 0 bridgehead atoms. The van der Waals surface area contributed by atoms with Crippen LogP contribution in [0.2, 0.25) is 0 Å². The molecule has 0 radical (unpaired) electrons. The third-order valence-corrected chi connectivity index (χ3v) is 4.75. The molecule has 0 N–H and O–H groups in total. The second-order valence-electron chi connectivity index (χ2n) is 5.71. The molecule has 2 saturated carbocycles. The van der Waals surface area contributed by atoms with E-state index >= 15 is 0 Å². The summed E-state index contributed by atoms with van der Waals surface area (Å²) >= 11 is 0. The van der Waals surface area contributed by atoms with E-state index in [4.69, 9.17) is 0 Å². The molecule has 15 heavy (non-hydrogen) atoms. The van der Waals surface area contributed by atoms with Crippen LogP contribution in [0.25, 0.3) is 0 Å². The summed E-state index contributed by atoms with van der Waals surface area (Å²) in [5.41, 5.74) is 0. The maximum atomic E-state index is 11.5. The van der Waals surface area contributed by atoms with Crippen molar-refractivity contribution in [3.05, 3.63) is 0 Å². The van der Waals surface area contributed by atoms with Crippen LogP contribution in [0, 0.1) is 23.7 Å². The highest BCUT2D eigenvalue weighted by molar-refractivity contribution is 5.79. The van der Waals surface area contributed by atoms with Gasteiger partial charge in [-0.25, -0.2) is 0 Å². The molecular weight excluding hydrogens is 184 g/mol. The van der Waals surface area contributed by atoms with Crippen LogP contribution in [0.4, 0.5) is 0 Å². The molecule has 2 aliphatic carbocycles. The van der Waals surface area contributed by atoms with Gasteiger partial charge in [0, 0.05) is 12.8 Å². The van der Waals surface area contributed by atoms with Gasteiger partial charge in [0.2, 0.25) is 0 Å². The van der Waals surface area contributed by atoms with Gasteiger partial charge in [-0.2, -0.15) is 0 Å². The Morgan fingerprint density at radius 1 is 1.27 bits per heavy atom. The summed E-state index contributed by atoms with van der Waals surface area (Å²) in [7, 11) is 0. The molecule has 2 aliphatic rings. The van der Waals surface area contributed by atoms with Crippen LogP contribution in [0.15, 0.2) is 0 Å². The summed E-state index contributed by atoms with van der Waals surface area (Å²) in [5, 5.41) is 0. The van der Waals surface area contributed by atoms with Crippen molar-refractivity contribution in [2.75, 3.05) is 0 Å². The highest BCUT2D eigenvalue weighted by atomic mass is 16.1. The lowest BCUT2D eigenvalue weighted by atomic mass is 9.61. The maximum Gasteiger partial charge on any atom is 0.133 e. The van der Waals surface area contributed by atoms with E-state index in [1.54, 1.807) is 0 Å². The van der Waals surface area contributed by atoms with E-state index in [2.05, 4.69) is 13.8 Å². The first kappa shape index (κ1) is 11.2. The zero-order valence-electron chi connectivity index (χ0n) is 10.2. The van der Waals surface area contributed by atoms with Crippen LogP contribution < -0.4 is 0 Å². The highest BCUT2D eigenvalue weighted by Gasteiger charge is 2.39. The van der Waals surface area contributed by atoms with Crippen LogP contribution in [0.5, 0.6) is 0 Å². The van der Waals surface area contributed by atoms with Gasteiger partial charge in [0.1, 0.15) is 5.78 Å². The van der Waals surface area contributed by atoms with Crippen molar-refractivity contribution in [3.8, 4) is 0 Å². The molecule has 4 atom stereocenters. The van der Waals surface area contributed by atoms with Gasteiger partial charge >= 0.3 is 0 Å². The SMILES string of the molecule is CCC[C@@H]1[C@H]2CCC(=O)C[C@@H]2CC[C@H]1C. The maximum absolute atomic E-state index is 11.5. The Labute approximate surface area is 93.6 Å². The first-order chi connectivity index (χ1) is 7.22. The number of carbonyl (C=O) groups is 1. The number of carbonyl (C=O) groups excluding carboxylic acids is 1. The van der Waals surface area contributed by atoms with Crippen LogP contribution in [0.3, 0.4) is 0 Å². The summed E-state index contributed by atoms with van der Waals surface area (Å²) in [4.78, 5) is 11.5. The van der Waals surface area contributed by atoms with Crippen molar-refractivity contribution in [3.63, 3.8) is 0 Å². The Kier molecular flexibility index (Phi) is 3.48. The molecule has 0 aliphatic heterocycles. The van der Waals surface area contributed by atoms with Crippen LogP contribution in [0.1, 0.15) is 58.8 Å². The number of hydrogen-bond acceptors (Lipinski definition) is 1. The molecule has 0 amide bonds. The molecule has 0 aromatic carbocycles. The zero-order valence-corrected chi connectivity index (χ0v) is 10.2. The van der Waals surface area contributed by atoms with E-state index in [0.29, 0.717) is 5.78 Å². The second-order valence-corrected chi connectivity index (χ2v) is 5.71. The minimum absolute atomic E-state index is 0.529. The largest absolute Gasteiger partial charge is 0.300 e. The van der Waals surface area contributed by atoms with Crippen molar-refractivity contribution >= 4 is 5.78 Å². The number of Topliss-reactive ketones (excluding diaryl/α,β-unsaturated/α-hetero) is 1. The van der Waals surface area contributed by atoms with Crippen LogP contribution >= 0.6 is 0 Å². The zero-order chi connectivity index (χ0) is 10.8. The first-order valence-corrected chi connectivity index (χ1v) is 6.74. The normalized spacial score (nSPS) is 41.3. The molecule has 0 aromatic heterocycles. The van der Waals surface area contributed by atoms with E-state index < -0.39 is 0 Å². The fourth-order valence-corrected chi connectivity index (χ4v) is 3.93. The molecule has 1 heteroatoms. The van der Waals surface area contributed by atoms with E-state index in [-0.39, 0.29) is 0 Å². The van der Waals surface area contributed by atoms with Gasteiger partial charge in [-0.3, -0.25) is 4.79 Å². The van der Waals surface area contributed by atoms with Gasteiger partial charge in [0.25, 0.3) is 0 Å². The van der Waals surface area contributed by atoms with Crippen LogP contribution in [-0.4, -0.2) is 5.78 Å². The van der Waals surface area contributed by atoms with Gasteiger partial charge in [-0.1, -0.05) is 33.1 Å². The van der Waals surface area contributed by atoms with E-state index in [1.165, 1.54) is 32.1 Å². The molecule has 1 nitrogen and oxygen atoms in total. The topological polar surface area (TPSA) is 17.1 Å². The standard InChI is InChI=1S/C14H24O/c1-3-4-13-10(2)5-6-11-9-12(15)7-8-14(11)13/h10-11,13-14H,3-9H2,1-2H3/t10-,11+,13+,14+/m1/s1. The lowest BCUT2D eigenvalue weighted by Gasteiger charge is -2.44. The summed E-state index contributed by atoms with van der Waals surface area (Å²) in [6, 6.07) is 0. The fraction of sp³-hybridized carbons (Fsp3) is 0.929. The van der Waals surface area contributed by atoms with Crippen molar-refractivity contribution in [2.45, 2.75) is 58.8 Å². The average molecular weight is 208 g/mol. The number of fused-ring (bicyclic) bond motifs is 1. The fourth-order valence-electron chi connectivity index (χ4n) is 3.93. The van der Waals surface area contributed by atoms with Gasteiger partial charge < -0.3 is 0 Å². The molecule has 0 spiro atoms. The molecule has 0 heterocycles. The predicted molar refractivity (Wildman–Crippen MR) is 62.6 cm³/mol. The van der Waals surface area contributed by atoms with Crippen molar-refractivity contribution in [1.82, 2.24) is 0 Å². The third-order valence-electron chi connectivity index (χ3n) is 4.75. The predicted octanol–water partition coefficient (Wildman–Crippen LogP) is 3.82. The number of hydrogen-bond donors (Lipinski definition) is 0. The molecule has 2 fully saturated rings. The van der Waals surface area contributed by atoms with Gasteiger partial charge in [0.15, 0.2) is 0 Å². The number of ketones is 1. The smallest absolute Gasteiger partial charge is 0.133 e. The summed E-state index contributed by atoms with van der Waals surface area (Å²) in [5.74, 6) is 3.98. The summed E-state index contributed by atoms with van der Waals surface area (Å²) in [6.45, 7) is 4.72. The van der Waals surface area contributed by atoms with Gasteiger partial charge in [-0.05, 0) is 36.5 Å². The van der Waals surface area contributed by atoms with Crippen LogP contribution in [-0.2, 0) is 4.79 Å². The van der Waals surface area contributed by atoms with E-state index in [9.17, 15) is 4.79 Å². The molecule has 0 aromatic rings. The second kappa shape index (κ2) is 4.67. The quantitative estimate of drug-likeness (QED) is 0.674.